The number of nitrogens with zero attached hydrogens (tertiary/aromatic N) is 2. The molecule has 6 unspecified atom stereocenters. The number of para-hydroxylation sites is 1. The van der Waals surface area contributed by atoms with Crippen molar-refractivity contribution in [2.75, 3.05) is 20.2 Å². The number of phenolic OH excluding ortho intramolecular Hbond substituents is 3. The van der Waals surface area contributed by atoms with E-state index in [-0.39, 0.29) is 66.1 Å². The molecule has 2 aliphatic carbocycles. The van der Waals surface area contributed by atoms with Crippen LogP contribution in [0.5, 0.6) is 23.0 Å². The van der Waals surface area contributed by atoms with Gasteiger partial charge in [-0.15, -0.1) is 0 Å². The Morgan fingerprint density at radius 2 is 1.23 bits per heavy atom. The molecule has 10 heteroatoms. The van der Waals surface area contributed by atoms with Crippen molar-refractivity contribution >= 4 is 23.6 Å². The van der Waals surface area contributed by atoms with Gasteiger partial charge in [-0.05, 0) is 73.1 Å². The lowest BCUT2D eigenvalue weighted by Crippen LogP contribution is -2.43. The van der Waals surface area contributed by atoms with E-state index in [1.807, 2.05) is 6.08 Å². The van der Waals surface area contributed by atoms with Crippen LogP contribution < -0.4 is 4.74 Å². The smallest absolute Gasteiger partial charge is 0.234 e. The van der Waals surface area contributed by atoms with Gasteiger partial charge in [0.05, 0.1) is 30.8 Å². The number of likely N-dealkylation sites (tertiary alicyclic amines) is 2. The largest absolute Gasteiger partial charge is 0.508 e. The molecule has 3 N–H and O–H groups in total. The zero-order chi connectivity index (χ0) is 33.0. The molecule has 3 aromatic carbocycles. The average Bonchev–Trinajstić information content (AvgIpc) is 3.46. The minimum absolute atomic E-state index is 0.116. The van der Waals surface area contributed by atoms with Crippen LogP contribution in [-0.2, 0) is 32.0 Å². The number of imide groups is 2. The van der Waals surface area contributed by atoms with E-state index in [1.54, 1.807) is 66.7 Å². The summed E-state index contributed by atoms with van der Waals surface area (Å²) in [5.74, 6) is -4.65. The van der Waals surface area contributed by atoms with Crippen molar-refractivity contribution < 1.29 is 39.2 Å². The molecule has 7 rings (SSSR count). The molecule has 10 nitrogen and oxygen atoms in total. The first-order valence-corrected chi connectivity index (χ1v) is 16.0. The predicted molar refractivity (Wildman–Crippen MR) is 169 cm³/mol. The molecule has 0 bridgehead atoms. The Hall–Kier alpha value is -5.12. The molecule has 0 spiro atoms. The third kappa shape index (κ3) is 5.12. The number of ether oxygens (including phenoxy) is 1. The van der Waals surface area contributed by atoms with Crippen LogP contribution in [-0.4, -0.2) is 68.9 Å². The zero-order valence-electron chi connectivity index (χ0n) is 25.9. The van der Waals surface area contributed by atoms with E-state index in [4.69, 9.17) is 4.74 Å². The Bertz CT molecular complexity index is 1780. The summed E-state index contributed by atoms with van der Waals surface area (Å²) in [6, 6.07) is 18.4. The van der Waals surface area contributed by atoms with Crippen LogP contribution in [0.4, 0.5) is 0 Å². The lowest BCUT2D eigenvalue weighted by atomic mass is 9.57. The van der Waals surface area contributed by atoms with Gasteiger partial charge in [-0.2, -0.15) is 0 Å². The lowest BCUT2D eigenvalue weighted by molar-refractivity contribution is -0.142. The molecule has 6 atom stereocenters. The Kier molecular flexibility index (Phi) is 7.74. The summed E-state index contributed by atoms with van der Waals surface area (Å²) < 4.78 is 5.40. The average molecular weight is 637 g/mol. The highest BCUT2D eigenvalue weighted by Gasteiger charge is 2.62. The molecule has 4 amide bonds. The van der Waals surface area contributed by atoms with Crippen molar-refractivity contribution in [3.05, 3.63) is 95.1 Å². The van der Waals surface area contributed by atoms with Crippen LogP contribution in [0.2, 0.25) is 0 Å². The molecule has 242 valence electrons. The first-order chi connectivity index (χ1) is 22.7. The van der Waals surface area contributed by atoms with Crippen molar-refractivity contribution in [2.24, 2.45) is 29.6 Å². The van der Waals surface area contributed by atoms with Gasteiger partial charge in [-0.1, -0.05) is 48.0 Å². The summed E-state index contributed by atoms with van der Waals surface area (Å²) in [5.41, 5.74) is 3.01. The van der Waals surface area contributed by atoms with Crippen molar-refractivity contribution in [2.45, 2.75) is 31.6 Å². The van der Waals surface area contributed by atoms with Crippen LogP contribution >= 0.6 is 0 Å². The monoisotopic (exact) mass is 636 g/mol. The third-order valence-electron chi connectivity index (χ3n) is 10.5. The first-order valence-electron chi connectivity index (χ1n) is 16.0. The quantitative estimate of drug-likeness (QED) is 0.249. The summed E-state index contributed by atoms with van der Waals surface area (Å²) in [6.45, 7) is 0.358. The number of phenols is 3. The highest BCUT2D eigenvalue weighted by molar-refractivity contribution is 6.08. The Labute approximate surface area is 271 Å². The number of hydrogen-bond acceptors (Lipinski definition) is 8. The van der Waals surface area contributed by atoms with Gasteiger partial charge in [0.1, 0.15) is 11.5 Å². The van der Waals surface area contributed by atoms with Crippen molar-refractivity contribution in [1.82, 2.24) is 9.80 Å². The number of amides is 4. The molecule has 2 saturated heterocycles. The van der Waals surface area contributed by atoms with Crippen molar-refractivity contribution in [3.8, 4) is 23.0 Å². The standard InChI is InChI=1S/C37H36N2O8/c1-47-29-4-2-3-25(33(29)42)30-24-13-14-26-31(36(45)38(34(26)43)17-15-20-5-9-22(40)10-6-20)27(24)19-28-32(30)37(46)39(35(28)44)18-16-21-7-11-23(41)12-8-21/h2-13,26-28,30-32,40-42H,14-19H2,1H3. The van der Waals surface area contributed by atoms with E-state index in [2.05, 4.69) is 0 Å². The molecule has 3 fully saturated rings. The lowest BCUT2D eigenvalue weighted by Gasteiger charge is -2.44. The highest BCUT2D eigenvalue weighted by atomic mass is 16.5. The topological polar surface area (TPSA) is 145 Å². The minimum atomic E-state index is -0.780. The number of rotatable bonds is 8. The molecule has 1 saturated carbocycles. The molecule has 47 heavy (non-hydrogen) atoms. The number of fused-ring (bicyclic) bond motifs is 4. The number of benzene rings is 3. The fourth-order valence-electron chi connectivity index (χ4n) is 8.27. The SMILES string of the molecule is COc1cccc(C2C3=CCC4C(=O)N(CCc5ccc(O)cc5)C(=O)C4C3CC3C(=O)N(CCc4ccc(O)cc4)C(=O)C32)c1O. The normalized spacial score (nSPS) is 26.6. The number of methoxy groups -OCH3 is 1. The first kappa shape index (κ1) is 30.5. The van der Waals surface area contributed by atoms with Gasteiger partial charge >= 0.3 is 0 Å². The van der Waals surface area contributed by atoms with Gasteiger partial charge in [-0.25, -0.2) is 0 Å². The molecule has 4 aliphatic rings. The van der Waals surface area contributed by atoms with E-state index in [9.17, 15) is 34.5 Å². The highest BCUT2D eigenvalue weighted by Crippen LogP contribution is 2.59. The summed E-state index contributed by atoms with van der Waals surface area (Å²) in [7, 11) is 1.45. The van der Waals surface area contributed by atoms with Gasteiger partial charge < -0.3 is 20.1 Å². The van der Waals surface area contributed by atoms with Crippen molar-refractivity contribution in [1.29, 1.82) is 0 Å². The number of allylic oxidation sites excluding steroid dienone is 2. The second-order valence-corrected chi connectivity index (χ2v) is 12.9. The van der Waals surface area contributed by atoms with Crippen LogP contribution in [0.3, 0.4) is 0 Å². The second kappa shape index (κ2) is 11.9. The van der Waals surface area contributed by atoms with E-state index in [1.165, 1.54) is 16.9 Å². The Balaban J connectivity index is 1.22. The van der Waals surface area contributed by atoms with Gasteiger partial charge in [0.2, 0.25) is 23.6 Å². The molecule has 2 aliphatic heterocycles. The molecule has 0 radical (unpaired) electrons. The van der Waals surface area contributed by atoms with Gasteiger partial charge in [-0.3, -0.25) is 29.0 Å². The second-order valence-electron chi connectivity index (χ2n) is 12.9. The number of carbonyl (C=O) groups excluding carboxylic acids is 4. The number of aromatic hydroxyl groups is 3. The number of carbonyl (C=O) groups is 4. The maximum absolute atomic E-state index is 14.2. The molecular weight excluding hydrogens is 600 g/mol. The van der Waals surface area contributed by atoms with Crippen LogP contribution in [0.1, 0.15) is 35.4 Å². The number of hydrogen-bond donors (Lipinski definition) is 3. The zero-order valence-corrected chi connectivity index (χ0v) is 25.9. The van der Waals surface area contributed by atoms with Crippen LogP contribution in [0.15, 0.2) is 78.4 Å². The molecule has 3 aromatic rings. The summed E-state index contributed by atoms with van der Waals surface area (Å²) in [4.78, 5) is 58.6. The van der Waals surface area contributed by atoms with Gasteiger partial charge in [0.25, 0.3) is 0 Å². The molecule has 2 heterocycles. The summed E-state index contributed by atoms with van der Waals surface area (Å²) in [6.07, 6.45) is 3.38. The maximum atomic E-state index is 14.2. The third-order valence-corrected chi connectivity index (χ3v) is 10.5. The fourth-order valence-corrected chi connectivity index (χ4v) is 8.27. The van der Waals surface area contributed by atoms with Crippen LogP contribution in [0.25, 0.3) is 0 Å². The minimum Gasteiger partial charge on any atom is -0.508 e. The predicted octanol–water partition coefficient (Wildman–Crippen LogP) is 3.93. The van der Waals surface area contributed by atoms with Crippen LogP contribution in [0, 0.1) is 29.6 Å². The summed E-state index contributed by atoms with van der Waals surface area (Å²) in [5, 5.41) is 30.6. The Morgan fingerprint density at radius 1 is 0.681 bits per heavy atom. The maximum Gasteiger partial charge on any atom is 0.234 e. The molecule has 0 aromatic heterocycles. The van der Waals surface area contributed by atoms with Crippen molar-refractivity contribution in [3.63, 3.8) is 0 Å². The van der Waals surface area contributed by atoms with E-state index < -0.39 is 35.5 Å². The summed E-state index contributed by atoms with van der Waals surface area (Å²) >= 11 is 0. The fraction of sp³-hybridized carbons (Fsp3) is 0.351. The van der Waals surface area contributed by atoms with Gasteiger partial charge in [0, 0.05) is 24.6 Å². The van der Waals surface area contributed by atoms with E-state index in [0.717, 1.165) is 16.7 Å². The van der Waals surface area contributed by atoms with E-state index in [0.29, 0.717) is 24.8 Å². The Morgan fingerprint density at radius 3 is 1.81 bits per heavy atom. The molecular formula is C37H36N2O8. The van der Waals surface area contributed by atoms with E-state index >= 15 is 0 Å². The van der Waals surface area contributed by atoms with Gasteiger partial charge in [0.15, 0.2) is 11.5 Å².